The van der Waals surface area contributed by atoms with Crippen LogP contribution < -0.4 is 5.11 Å². The zero-order chi connectivity index (χ0) is 12.4. The third kappa shape index (κ3) is 6.80. The summed E-state index contributed by atoms with van der Waals surface area (Å²) in [6, 6.07) is 0. The van der Waals surface area contributed by atoms with E-state index in [1.165, 1.54) is 0 Å². The fraction of sp³-hybridized carbons (Fsp3) is 0.917. The summed E-state index contributed by atoms with van der Waals surface area (Å²) >= 11 is 0. The molecule has 2 atom stereocenters. The second-order valence-corrected chi connectivity index (χ2v) is 4.04. The first-order chi connectivity index (χ1) is 7.63. The predicted molar refractivity (Wildman–Crippen MR) is 59.4 cm³/mol. The zero-order valence-corrected chi connectivity index (χ0v) is 10.5. The molecule has 0 fully saturated rings. The number of hydrogen-bond donors (Lipinski definition) is 0. The smallest absolute Gasteiger partial charge is 0.0981 e. The van der Waals surface area contributed by atoms with Gasteiger partial charge < -0.3 is 9.90 Å². The number of rotatable bonds is 10. The van der Waals surface area contributed by atoms with Crippen LogP contribution in [0.2, 0.25) is 0 Å². The Labute approximate surface area is 97.9 Å². The lowest BCUT2D eigenvalue weighted by molar-refractivity contribution is -0.348. The molecule has 0 aromatic carbocycles. The minimum atomic E-state index is -1.06. The van der Waals surface area contributed by atoms with E-state index in [0.717, 1.165) is 25.7 Å². The molecule has 0 radical (unpaired) electrons. The number of hydrogen-bond acceptors (Lipinski definition) is 4. The fourth-order valence-corrected chi connectivity index (χ4v) is 1.39. The van der Waals surface area contributed by atoms with E-state index in [1.54, 1.807) is 6.92 Å². The van der Waals surface area contributed by atoms with Crippen LogP contribution in [0, 0.1) is 5.92 Å². The Morgan fingerprint density at radius 1 is 1.25 bits per heavy atom. The number of carbonyl (C=O) groups excluding carboxylic acids is 1. The van der Waals surface area contributed by atoms with Crippen molar-refractivity contribution in [1.82, 2.24) is 0 Å². The molecule has 0 rings (SSSR count). The summed E-state index contributed by atoms with van der Waals surface area (Å²) in [4.78, 5) is 20.9. The van der Waals surface area contributed by atoms with Gasteiger partial charge in [0, 0.05) is 11.9 Å². The average molecular weight is 231 g/mol. The van der Waals surface area contributed by atoms with Crippen molar-refractivity contribution in [2.24, 2.45) is 5.92 Å². The Hall–Kier alpha value is -0.610. The predicted octanol–water partition coefficient (Wildman–Crippen LogP) is 1.68. The molecule has 0 saturated carbocycles. The molecule has 0 spiro atoms. The Balaban J connectivity index is 3.87. The van der Waals surface area contributed by atoms with Gasteiger partial charge in [0.15, 0.2) is 0 Å². The maximum absolute atomic E-state index is 10.9. The van der Waals surface area contributed by atoms with Gasteiger partial charge in [-0.3, -0.25) is 0 Å². The van der Waals surface area contributed by atoms with Crippen molar-refractivity contribution < 1.29 is 19.7 Å². The van der Waals surface area contributed by atoms with Crippen molar-refractivity contribution in [3.8, 4) is 0 Å². The minimum absolute atomic E-state index is 0.451. The molecule has 96 valence electrons. The second kappa shape index (κ2) is 9.60. The van der Waals surface area contributed by atoms with Gasteiger partial charge in [-0.2, -0.15) is 0 Å². The highest BCUT2D eigenvalue weighted by Crippen LogP contribution is 2.15. The van der Waals surface area contributed by atoms with Crippen LogP contribution in [-0.2, 0) is 14.6 Å². The van der Waals surface area contributed by atoms with Crippen LogP contribution in [0.3, 0.4) is 0 Å². The normalized spacial score (nSPS) is 14.7. The number of aliphatic carboxylic acids is 1. The monoisotopic (exact) mass is 231 g/mol. The maximum Gasteiger partial charge on any atom is 0.0981 e. The van der Waals surface area contributed by atoms with E-state index in [9.17, 15) is 9.90 Å². The second-order valence-electron chi connectivity index (χ2n) is 4.04. The molecular weight excluding hydrogens is 208 g/mol. The van der Waals surface area contributed by atoms with Crippen LogP contribution in [0.15, 0.2) is 0 Å². The molecule has 0 aliphatic carbocycles. The third-order valence-electron chi connectivity index (χ3n) is 2.54. The highest BCUT2D eigenvalue weighted by Gasteiger charge is 2.19. The van der Waals surface area contributed by atoms with E-state index in [4.69, 9.17) is 9.78 Å². The van der Waals surface area contributed by atoms with Gasteiger partial charge in [0.25, 0.3) is 0 Å². The summed E-state index contributed by atoms with van der Waals surface area (Å²) in [6.07, 6.45) is 3.90. The SMILES string of the molecule is CCCCOOC(C)C(CCCC)C(=O)[O-]. The third-order valence-corrected chi connectivity index (χ3v) is 2.54. The van der Waals surface area contributed by atoms with Crippen molar-refractivity contribution in [2.75, 3.05) is 6.61 Å². The van der Waals surface area contributed by atoms with E-state index in [-0.39, 0.29) is 0 Å². The van der Waals surface area contributed by atoms with Crippen molar-refractivity contribution >= 4 is 5.97 Å². The number of carboxylic acids is 1. The van der Waals surface area contributed by atoms with Crippen LogP contribution in [0.5, 0.6) is 0 Å². The first-order valence-corrected chi connectivity index (χ1v) is 6.12. The Bertz CT molecular complexity index is 182. The summed E-state index contributed by atoms with van der Waals surface area (Å²) in [6.45, 7) is 6.30. The molecule has 0 bridgehead atoms. The van der Waals surface area contributed by atoms with E-state index in [0.29, 0.717) is 13.0 Å². The van der Waals surface area contributed by atoms with Crippen LogP contribution >= 0.6 is 0 Å². The Morgan fingerprint density at radius 2 is 1.88 bits per heavy atom. The van der Waals surface area contributed by atoms with Gasteiger partial charge in [0.05, 0.1) is 12.7 Å². The first-order valence-electron chi connectivity index (χ1n) is 6.12. The van der Waals surface area contributed by atoms with E-state index >= 15 is 0 Å². The van der Waals surface area contributed by atoms with Crippen LogP contribution in [-0.4, -0.2) is 18.7 Å². The largest absolute Gasteiger partial charge is 0.550 e. The van der Waals surface area contributed by atoms with Gasteiger partial charge >= 0.3 is 0 Å². The quantitative estimate of drug-likeness (QED) is 0.326. The number of unbranched alkanes of at least 4 members (excludes halogenated alkanes) is 2. The van der Waals surface area contributed by atoms with Crippen molar-refractivity contribution in [2.45, 2.75) is 59.0 Å². The Kier molecular flexibility index (Phi) is 9.24. The summed E-state index contributed by atoms with van der Waals surface area (Å²) in [7, 11) is 0. The maximum atomic E-state index is 10.9. The van der Waals surface area contributed by atoms with Crippen LogP contribution in [0.25, 0.3) is 0 Å². The van der Waals surface area contributed by atoms with Gasteiger partial charge in [-0.05, 0) is 19.8 Å². The highest BCUT2D eigenvalue weighted by atomic mass is 17.2. The summed E-state index contributed by atoms with van der Waals surface area (Å²) in [5.41, 5.74) is 0. The molecule has 0 amide bonds. The molecule has 16 heavy (non-hydrogen) atoms. The van der Waals surface area contributed by atoms with Crippen molar-refractivity contribution in [1.29, 1.82) is 0 Å². The minimum Gasteiger partial charge on any atom is -0.550 e. The van der Waals surface area contributed by atoms with Crippen LogP contribution in [0.1, 0.15) is 52.9 Å². The molecule has 0 aliphatic rings. The molecule has 0 saturated heterocycles. The number of carboxylic acid groups (broad SMARTS) is 1. The lowest BCUT2D eigenvalue weighted by Crippen LogP contribution is -2.38. The van der Waals surface area contributed by atoms with E-state index in [1.807, 2.05) is 6.92 Å². The van der Waals surface area contributed by atoms with Crippen molar-refractivity contribution in [3.63, 3.8) is 0 Å². The van der Waals surface area contributed by atoms with Gasteiger partial charge in [-0.25, -0.2) is 9.78 Å². The van der Waals surface area contributed by atoms with Gasteiger partial charge in [0.1, 0.15) is 0 Å². The molecule has 2 unspecified atom stereocenters. The molecule has 0 N–H and O–H groups in total. The van der Waals surface area contributed by atoms with Gasteiger partial charge in [-0.15, -0.1) is 0 Å². The zero-order valence-electron chi connectivity index (χ0n) is 10.5. The molecule has 0 aliphatic heterocycles. The first kappa shape index (κ1) is 15.4. The lowest BCUT2D eigenvalue weighted by atomic mass is 9.97. The lowest BCUT2D eigenvalue weighted by Gasteiger charge is -2.23. The molecule has 0 aromatic rings. The standard InChI is InChI=1S/C12H24O4/c1-4-6-8-11(12(13)14)10(3)16-15-9-7-5-2/h10-11H,4-9H2,1-3H3,(H,13,14)/p-1. The average Bonchev–Trinajstić information content (AvgIpc) is 2.24. The number of carbonyl (C=O) groups is 1. The van der Waals surface area contributed by atoms with E-state index < -0.39 is 18.0 Å². The van der Waals surface area contributed by atoms with E-state index in [2.05, 4.69) is 6.92 Å². The van der Waals surface area contributed by atoms with Crippen LogP contribution in [0.4, 0.5) is 0 Å². The highest BCUT2D eigenvalue weighted by molar-refractivity contribution is 5.68. The van der Waals surface area contributed by atoms with Gasteiger partial charge in [0.2, 0.25) is 0 Å². The Morgan fingerprint density at radius 3 is 2.38 bits per heavy atom. The molecule has 0 aromatic heterocycles. The molecule has 4 nitrogen and oxygen atoms in total. The molecular formula is C12H23O4-. The molecule has 4 heteroatoms. The fourth-order valence-electron chi connectivity index (χ4n) is 1.39. The molecule has 0 heterocycles. The topological polar surface area (TPSA) is 58.6 Å². The summed E-state index contributed by atoms with van der Waals surface area (Å²) in [5, 5.41) is 10.9. The van der Waals surface area contributed by atoms with Crippen molar-refractivity contribution in [3.05, 3.63) is 0 Å². The summed E-state index contributed by atoms with van der Waals surface area (Å²) in [5.74, 6) is -1.64. The summed E-state index contributed by atoms with van der Waals surface area (Å²) < 4.78 is 0. The van der Waals surface area contributed by atoms with Gasteiger partial charge in [-0.1, -0.05) is 33.1 Å².